The summed E-state index contributed by atoms with van der Waals surface area (Å²) in [6.45, 7) is 0.480. The molecule has 0 amide bonds. The van der Waals surface area contributed by atoms with Gasteiger partial charge < -0.3 is 5.32 Å². The topological polar surface area (TPSA) is 68.5 Å². The molecule has 19 heavy (non-hydrogen) atoms. The molecule has 0 atom stereocenters. The second-order valence-electron chi connectivity index (χ2n) is 3.70. The Morgan fingerprint density at radius 2 is 2.32 bits per heavy atom. The van der Waals surface area contributed by atoms with E-state index in [-0.39, 0.29) is 5.82 Å². The van der Waals surface area contributed by atoms with Crippen LogP contribution in [0.25, 0.3) is 5.69 Å². The van der Waals surface area contributed by atoms with Crippen molar-refractivity contribution in [3.8, 4) is 5.69 Å². The van der Waals surface area contributed by atoms with E-state index in [2.05, 4.69) is 25.8 Å². The summed E-state index contributed by atoms with van der Waals surface area (Å²) in [4.78, 5) is 4.13. The predicted molar refractivity (Wildman–Crippen MR) is 68.6 cm³/mol. The van der Waals surface area contributed by atoms with Crippen LogP contribution in [0.15, 0.2) is 36.1 Å². The molecule has 0 aliphatic rings. The Kier molecular flexibility index (Phi) is 3.15. The van der Waals surface area contributed by atoms with E-state index in [1.165, 1.54) is 28.4 Å². The third kappa shape index (κ3) is 2.58. The Morgan fingerprint density at radius 3 is 3.05 bits per heavy atom. The second-order valence-corrected chi connectivity index (χ2v) is 4.68. The van der Waals surface area contributed by atoms with Crippen molar-refractivity contribution >= 4 is 17.0 Å². The Morgan fingerprint density at radius 1 is 1.37 bits per heavy atom. The molecule has 1 N–H and O–H groups in total. The van der Waals surface area contributed by atoms with Crippen molar-refractivity contribution in [2.45, 2.75) is 6.54 Å². The lowest BCUT2D eigenvalue weighted by Gasteiger charge is -2.08. The van der Waals surface area contributed by atoms with Gasteiger partial charge in [-0.05, 0) is 28.6 Å². The van der Waals surface area contributed by atoms with Crippen LogP contribution in [0, 0.1) is 5.82 Å². The van der Waals surface area contributed by atoms with Crippen molar-refractivity contribution in [3.05, 3.63) is 46.9 Å². The molecule has 1 aromatic carbocycles. The van der Waals surface area contributed by atoms with Gasteiger partial charge in [-0.3, -0.25) is 0 Å². The number of hydrogen-bond acceptors (Lipinski definition) is 6. The van der Waals surface area contributed by atoms with Crippen molar-refractivity contribution < 1.29 is 4.39 Å². The molecule has 0 saturated heterocycles. The first-order valence-electron chi connectivity index (χ1n) is 5.48. The largest absolute Gasteiger partial charge is 0.376 e. The zero-order chi connectivity index (χ0) is 13.1. The average Bonchev–Trinajstić information content (AvgIpc) is 3.11. The van der Waals surface area contributed by atoms with Crippen LogP contribution in [0.1, 0.15) is 5.01 Å². The van der Waals surface area contributed by atoms with Crippen LogP contribution in [0.3, 0.4) is 0 Å². The third-order valence-electron chi connectivity index (χ3n) is 2.48. The fourth-order valence-electron chi connectivity index (χ4n) is 1.58. The molecule has 0 radical (unpaired) electrons. The lowest BCUT2D eigenvalue weighted by atomic mass is 10.2. The summed E-state index contributed by atoms with van der Waals surface area (Å²) < 4.78 is 15.2. The first-order chi connectivity index (χ1) is 9.33. The fraction of sp³-hybridized carbons (Fsp3) is 0.0909. The van der Waals surface area contributed by atoms with Gasteiger partial charge in [0.2, 0.25) is 0 Å². The first-order valence-corrected chi connectivity index (χ1v) is 6.36. The van der Waals surface area contributed by atoms with Crippen molar-refractivity contribution in [1.29, 1.82) is 0 Å². The Bertz CT molecular complexity index is 652. The average molecular weight is 276 g/mol. The minimum atomic E-state index is -0.326. The van der Waals surface area contributed by atoms with Gasteiger partial charge in [-0.25, -0.2) is 14.1 Å². The molecule has 3 rings (SSSR count). The van der Waals surface area contributed by atoms with E-state index < -0.39 is 0 Å². The second kappa shape index (κ2) is 5.11. The van der Waals surface area contributed by atoms with E-state index in [4.69, 9.17) is 0 Å². The molecule has 2 heterocycles. The quantitative estimate of drug-likeness (QED) is 0.788. The van der Waals surface area contributed by atoms with Gasteiger partial charge in [0.05, 0.1) is 17.9 Å². The lowest BCUT2D eigenvalue weighted by molar-refractivity contribution is 0.629. The van der Waals surface area contributed by atoms with Crippen LogP contribution in [0.5, 0.6) is 0 Å². The highest BCUT2D eigenvalue weighted by atomic mass is 32.1. The number of hydrogen-bond donors (Lipinski definition) is 1. The van der Waals surface area contributed by atoms with Crippen LogP contribution in [-0.4, -0.2) is 25.2 Å². The summed E-state index contributed by atoms with van der Waals surface area (Å²) >= 11 is 1.52. The number of anilines is 1. The van der Waals surface area contributed by atoms with Crippen LogP contribution in [0.2, 0.25) is 0 Å². The molecule has 0 fully saturated rings. The number of tetrazole rings is 1. The summed E-state index contributed by atoms with van der Waals surface area (Å²) in [5.41, 5.74) is 1.08. The zero-order valence-electron chi connectivity index (χ0n) is 9.69. The lowest BCUT2D eigenvalue weighted by Crippen LogP contribution is -2.03. The minimum Gasteiger partial charge on any atom is -0.376 e. The molecule has 2 aromatic heterocycles. The highest BCUT2D eigenvalue weighted by molar-refractivity contribution is 7.09. The van der Waals surface area contributed by atoms with Gasteiger partial charge in [0.25, 0.3) is 0 Å². The van der Waals surface area contributed by atoms with Gasteiger partial charge in [-0.1, -0.05) is 0 Å². The van der Waals surface area contributed by atoms with Crippen LogP contribution < -0.4 is 5.32 Å². The van der Waals surface area contributed by atoms with Gasteiger partial charge in [0.1, 0.15) is 17.2 Å². The molecule has 0 unspecified atom stereocenters. The number of aromatic nitrogens is 5. The van der Waals surface area contributed by atoms with Crippen molar-refractivity contribution in [2.24, 2.45) is 0 Å². The van der Waals surface area contributed by atoms with E-state index in [0.717, 1.165) is 5.01 Å². The van der Waals surface area contributed by atoms with Gasteiger partial charge in [0.15, 0.2) is 0 Å². The molecular formula is C11H9FN6S. The molecule has 3 aromatic rings. The van der Waals surface area contributed by atoms with Gasteiger partial charge >= 0.3 is 0 Å². The molecule has 6 nitrogen and oxygen atoms in total. The van der Waals surface area contributed by atoms with E-state index in [0.29, 0.717) is 17.9 Å². The van der Waals surface area contributed by atoms with Gasteiger partial charge in [-0.2, -0.15) is 0 Å². The number of benzene rings is 1. The Hall–Kier alpha value is -2.35. The first kappa shape index (κ1) is 11.7. The maximum Gasteiger partial charge on any atom is 0.146 e. The number of thiazole rings is 1. The summed E-state index contributed by atoms with van der Waals surface area (Å²) in [6, 6.07) is 4.64. The molecular weight excluding hydrogens is 267 g/mol. The maximum absolute atomic E-state index is 13.7. The van der Waals surface area contributed by atoms with Crippen molar-refractivity contribution in [2.75, 3.05) is 5.32 Å². The summed E-state index contributed by atoms with van der Waals surface area (Å²) in [5.74, 6) is -0.326. The van der Waals surface area contributed by atoms with Crippen LogP contribution >= 0.6 is 11.3 Å². The normalized spacial score (nSPS) is 10.6. The summed E-state index contributed by atoms with van der Waals surface area (Å²) in [6.07, 6.45) is 3.17. The highest BCUT2D eigenvalue weighted by Crippen LogP contribution is 2.19. The molecule has 0 saturated carbocycles. The van der Waals surface area contributed by atoms with Crippen LogP contribution in [-0.2, 0) is 6.54 Å². The SMILES string of the molecule is Fc1ccc(-n2cnnn2)cc1NCc1nccs1. The highest BCUT2D eigenvalue weighted by Gasteiger charge is 2.06. The van der Waals surface area contributed by atoms with Crippen LogP contribution in [0.4, 0.5) is 10.1 Å². The molecule has 0 bridgehead atoms. The Labute approximate surface area is 111 Å². The van der Waals surface area contributed by atoms with E-state index in [1.807, 2.05) is 5.38 Å². The van der Waals surface area contributed by atoms with Gasteiger partial charge in [-0.15, -0.1) is 16.4 Å². The van der Waals surface area contributed by atoms with E-state index in [9.17, 15) is 4.39 Å². The molecule has 0 spiro atoms. The van der Waals surface area contributed by atoms with Gasteiger partial charge in [0, 0.05) is 11.6 Å². The number of halogens is 1. The monoisotopic (exact) mass is 276 g/mol. The van der Waals surface area contributed by atoms with Crippen molar-refractivity contribution in [3.63, 3.8) is 0 Å². The number of nitrogens with zero attached hydrogens (tertiary/aromatic N) is 5. The van der Waals surface area contributed by atoms with E-state index in [1.54, 1.807) is 18.3 Å². The smallest absolute Gasteiger partial charge is 0.146 e. The third-order valence-corrected chi connectivity index (χ3v) is 3.26. The zero-order valence-corrected chi connectivity index (χ0v) is 10.5. The number of nitrogens with one attached hydrogen (secondary N) is 1. The minimum absolute atomic E-state index is 0.326. The summed E-state index contributed by atoms with van der Waals surface area (Å²) in [7, 11) is 0. The molecule has 8 heteroatoms. The van der Waals surface area contributed by atoms with E-state index >= 15 is 0 Å². The number of rotatable bonds is 4. The maximum atomic E-state index is 13.7. The molecule has 0 aliphatic heterocycles. The molecule has 96 valence electrons. The standard InChI is InChI=1S/C11H9FN6S/c12-9-2-1-8(18-7-15-16-17-18)5-10(9)14-6-11-13-3-4-19-11/h1-5,7,14H,6H2. The summed E-state index contributed by atoms with van der Waals surface area (Å²) in [5, 5.41) is 16.6. The molecule has 0 aliphatic carbocycles. The fourth-order valence-corrected chi connectivity index (χ4v) is 2.14. The van der Waals surface area contributed by atoms with Crippen molar-refractivity contribution in [1.82, 2.24) is 25.2 Å². The predicted octanol–water partition coefficient (Wildman–Crippen LogP) is 1.87. The Balaban J connectivity index is 1.82.